The predicted molar refractivity (Wildman–Crippen MR) is 116 cm³/mol. The molecule has 0 aliphatic heterocycles. The molecule has 0 saturated carbocycles. The lowest BCUT2D eigenvalue weighted by Gasteiger charge is -2.17. The lowest BCUT2D eigenvalue weighted by atomic mass is 9.98. The Labute approximate surface area is 186 Å². The summed E-state index contributed by atoms with van der Waals surface area (Å²) in [6.45, 7) is 4.49. The smallest absolute Gasteiger partial charge is 0.271 e. The van der Waals surface area contributed by atoms with Crippen molar-refractivity contribution in [2.75, 3.05) is 5.43 Å². The molecule has 3 heterocycles. The Morgan fingerprint density at radius 3 is 2.53 bits per heavy atom. The maximum absolute atomic E-state index is 13.3. The van der Waals surface area contributed by atoms with Gasteiger partial charge in [-0.1, -0.05) is 12.8 Å². The van der Waals surface area contributed by atoms with E-state index in [1.54, 1.807) is 6.92 Å². The van der Waals surface area contributed by atoms with Crippen molar-refractivity contribution in [1.29, 1.82) is 0 Å². The zero-order valence-corrected chi connectivity index (χ0v) is 18.9. The summed E-state index contributed by atoms with van der Waals surface area (Å²) in [5.41, 5.74) is 2.31. The average Bonchev–Trinajstić information content (AvgIpc) is 3.24. The van der Waals surface area contributed by atoms with E-state index in [0.29, 0.717) is 16.0 Å². The minimum absolute atomic E-state index is 0.192. The summed E-state index contributed by atoms with van der Waals surface area (Å²) < 4.78 is 41.0. The van der Waals surface area contributed by atoms with Gasteiger partial charge in [0.2, 0.25) is 0 Å². The fourth-order valence-corrected chi connectivity index (χ4v) is 5.42. The SMILES string of the molecule is Cc1cc(C(F)(F)F)nn1C(C)C(=O)Nn1c(C)nc2sc3c(c2c1=O)CCCCCC3. The predicted octanol–water partition coefficient (Wildman–Crippen LogP) is 4.28. The Bertz CT molecular complexity index is 1240. The van der Waals surface area contributed by atoms with Crippen molar-refractivity contribution in [3.05, 3.63) is 44.1 Å². The summed E-state index contributed by atoms with van der Waals surface area (Å²) in [4.78, 5) is 32.5. The van der Waals surface area contributed by atoms with Crippen molar-refractivity contribution in [3.8, 4) is 0 Å². The average molecular weight is 468 g/mol. The second-order valence-electron chi connectivity index (χ2n) is 8.16. The van der Waals surface area contributed by atoms with E-state index < -0.39 is 23.8 Å². The molecule has 1 N–H and O–H groups in total. The largest absolute Gasteiger partial charge is 0.435 e. The van der Waals surface area contributed by atoms with Crippen LogP contribution < -0.4 is 11.0 Å². The number of aromatic nitrogens is 4. The van der Waals surface area contributed by atoms with Gasteiger partial charge < -0.3 is 0 Å². The van der Waals surface area contributed by atoms with E-state index in [1.165, 1.54) is 36.5 Å². The van der Waals surface area contributed by atoms with Crippen molar-refractivity contribution in [3.63, 3.8) is 0 Å². The summed E-state index contributed by atoms with van der Waals surface area (Å²) in [5, 5.41) is 4.06. The molecule has 1 unspecified atom stereocenters. The van der Waals surface area contributed by atoms with Crippen molar-refractivity contribution in [2.45, 2.75) is 71.5 Å². The van der Waals surface area contributed by atoms with Crippen LogP contribution in [-0.4, -0.2) is 25.3 Å². The molecule has 172 valence electrons. The van der Waals surface area contributed by atoms with E-state index >= 15 is 0 Å². The second-order valence-corrected chi connectivity index (χ2v) is 9.25. The summed E-state index contributed by atoms with van der Waals surface area (Å²) in [6.07, 6.45) is 1.46. The Morgan fingerprint density at radius 1 is 1.19 bits per heavy atom. The van der Waals surface area contributed by atoms with Crippen LogP contribution >= 0.6 is 11.3 Å². The number of halogens is 3. The number of nitrogens with zero attached hydrogens (tertiary/aromatic N) is 4. The number of aryl methyl sites for hydroxylation is 4. The van der Waals surface area contributed by atoms with Crippen LogP contribution in [-0.2, 0) is 23.8 Å². The van der Waals surface area contributed by atoms with Crippen molar-refractivity contribution in [1.82, 2.24) is 19.4 Å². The number of hydrogen-bond donors (Lipinski definition) is 1. The first kappa shape index (κ1) is 22.5. The van der Waals surface area contributed by atoms with Gasteiger partial charge in [-0.05, 0) is 58.1 Å². The maximum Gasteiger partial charge on any atom is 0.435 e. The van der Waals surface area contributed by atoms with Crippen LogP contribution in [0.5, 0.6) is 0 Å². The molecule has 3 aromatic heterocycles. The van der Waals surface area contributed by atoms with Crippen LogP contribution in [0.25, 0.3) is 10.2 Å². The minimum atomic E-state index is -4.61. The first-order valence-corrected chi connectivity index (χ1v) is 11.4. The third-order valence-electron chi connectivity index (χ3n) is 5.84. The van der Waals surface area contributed by atoms with Gasteiger partial charge in [-0.3, -0.25) is 19.7 Å². The van der Waals surface area contributed by atoms with E-state index in [-0.39, 0.29) is 11.3 Å². The molecule has 4 rings (SSSR count). The van der Waals surface area contributed by atoms with Gasteiger partial charge in [-0.15, -0.1) is 11.3 Å². The number of alkyl halides is 3. The third kappa shape index (κ3) is 4.05. The summed E-state index contributed by atoms with van der Waals surface area (Å²) in [7, 11) is 0. The Morgan fingerprint density at radius 2 is 1.88 bits per heavy atom. The number of thiophene rings is 1. The third-order valence-corrected chi connectivity index (χ3v) is 7.02. The van der Waals surface area contributed by atoms with E-state index in [0.717, 1.165) is 53.1 Å². The molecule has 11 heteroatoms. The van der Waals surface area contributed by atoms with Gasteiger partial charge in [-0.2, -0.15) is 18.3 Å². The molecule has 0 radical (unpaired) electrons. The lowest BCUT2D eigenvalue weighted by Crippen LogP contribution is -2.39. The van der Waals surface area contributed by atoms with Crippen LogP contribution in [0.3, 0.4) is 0 Å². The van der Waals surface area contributed by atoms with Crippen LogP contribution in [0.2, 0.25) is 0 Å². The number of carbonyl (C=O) groups is 1. The molecule has 1 atom stereocenters. The number of hydrogen-bond acceptors (Lipinski definition) is 5. The standard InChI is InChI=1S/C21H24F3N5O2S/c1-11-10-16(21(22,23)24)26-28(11)12(2)18(30)27-29-13(3)25-19-17(20(29)31)14-8-6-4-5-7-9-15(14)32-19/h10,12H,4-9H2,1-3H3,(H,27,30). The zero-order chi connectivity index (χ0) is 23.2. The minimum Gasteiger partial charge on any atom is -0.271 e. The monoisotopic (exact) mass is 467 g/mol. The van der Waals surface area contributed by atoms with E-state index in [4.69, 9.17) is 0 Å². The van der Waals surface area contributed by atoms with Gasteiger partial charge in [0.15, 0.2) is 5.69 Å². The zero-order valence-electron chi connectivity index (χ0n) is 18.0. The van der Waals surface area contributed by atoms with Gasteiger partial charge in [-0.25, -0.2) is 9.66 Å². The van der Waals surface area contributed by atoms with Gasteiger partial charge >= 0.3 is 6.18 Å². The first-order chi connectivity index (χ1) is 15.1. The van der Waals surface area contributed by atoms with Gasteiger partial charge in [0, 0.05) is 10.6 Å². The number of fused-ring (bicyclic) bond motifs is 3. The van der Waals surface area contributed by atoms with E-state index in [9.17, 15) is 22.8 Å². The van der Waals surface area contributed by atoms with Gasteiger partial charge in [0.25, 0.3) is 11.5 Å². The quantitative estimate of drug-likeness (QED) is 0.623. The molecule has 1 amide bonds. The lowest BCUT2D eigenvalue weighted by molar-refractivity contribution is -0.141. The molecule has 32 heavy (non-hydrogen) atoms. The van der Waals surface area contributed by atoms with Gasteiger partial charge in [0.1, 0.15) is 16.7 Å². The molecule has 1 aliphatic carbocycles. The normalized spacial score (nSPS) is 15.8. The highest BCUT2D eigenvalue weighted by molar-refractivity contribution is 7.18. The summed E-state index contributed by atoms with van der Waals surface area (Å²) >= 11 is 1.53. The van der Waals surface area contributed by atoms with Crippen molar-refractivity contribution < 1.29 is 18.0 Å². The molecular weight excluding hydrogens is 443 g/mol. The molecule has 0 fully saturated rings. The molecule has 0 saturated heterocycles. The molecule has 7 nitrogen and oxygen atoms in total. The highest BCUT2D eigenvalue weighted by Gasteiger charge is 2.35. The van der Waals surface area contributed by atoms with Crippen molar-refractivity contribution >= 4 is 27.5 Å². The molecule has 0 bridgehead atoms. The topological polar surface area (TPSA) is 81.8 Å². The van der Waals surface area contributed by atoms with E-state index in [1.807, 2.05) is 0 Å². The number of carbonyl (C=O) groups excluding carboxylic acids is 1. The van der Waals surface area contributed by atoms with E-state index in [2.05, 4.69) is 15.5 Å². The highest BCUT2D eigenvalue weighted by Crippen LogP contribution is 2.33. The Kier molecular flexibility index (Phi) is 5.87. The van der Waals surface area contributed by atoms with Crippen LogP contribution in [0.15, 0.2) is 10.9 Å². The van der Waals surface area contributed by atoms with Gasteiger partial charge in [0.05, 0.1) is 5.39 Å². The first-order valence-electron chi connectivity index (χ1n) is 10.6. The molecular formula is C21H24F3N5O2S. The molecule has 0 spiro atoms. The molecule has 1 aliphatic rings. The summed E-state index contributed by atoms with van der Waals surface area (Å²) in [5.74, 6) is -0.347. The van der Waals surface area contributed by atoms with Crippen molar-refractivity contribution in [2.24, 2.45) is 0 Å². The highest BCUT2D eigenvalue weighted by atomic mass is 32.1. The Hall–Kier alpha value is -2.69. The Balaban J connectivity index is 1.68. The number of nitrogens with one attached hydrogen (secondary N) is 1. The van der Waals surface area contributed by atoms with Crippen LogP contribution in [0, 0.1) is 13.8 Å². The maximum atomic E-state index is 13.3. The second kappa shape index (κ2) is 8.34. The number of amides is 1. The number of rotatable bonds is 3. The molecule has 0 aromatic carbocycles. The fourth-order valence-electron chi connectivity index (χ4n) is 4.12. The molecule has 3 aromatic rings. The van der Waals surface area contributed by atoms with Crippen LogP contribution in [0.1, 0.15) is 66.3 Å². The summed E-state index contributed by atoms with van der Waals surface area (Å²) in [6, 6.07) is -0.172. The fraction of sp³-hybridized carbons (Fsp3) is 0.524. The van der Waals surface area contributed by atoms with Crippen LogP contribution in [0.4, 0.5) is 13.2 Å².